The second-order valence-electron chi connectivity index (χ2n) is 5.61. The molecule has 2 aromatic rings. The van der Waals surface area contributed by atoms with Crippen molar-refractivity contribution in [3.63, 3.8) is 0 Å². The van der Waals surface area contributed by atoms with Crippen LogP contribution in [0, 0.1) is 0 Å². The summed E-state index contributed by atoms with van der Waals surface area (Å²) in [4.78, 5) is 0. The molecular weight excluding hydrogens is 230 g/mol. The highest BCUT2D eigenvalue weighted by Crippen LogP contribution is 2.21. The van der Waals surface area contributed by atoms with Crippen molar-refractivity contribution in [2.24, 2.45) is 0 Å². The van der Waals surface area contributed by atoms with Gasteiger partial charge in [-0.3, -0.25) is 0 Å². The molecule has 0 heterocycles. The predicted molar refractivity (Wildman–Crippen MR) is 81.2 cm³/mol. The molecule has 1 N–H and O–H groups in total. The van der Waals surface area contributed by atoms with Crippen LogP contribution < -0.4 is 5.32 Å². The highest BCUT2D eigenvalue weighted by atomic mass is 15.0. The number of hydrogen-bond acceptors (Lipinski definition) is 1. The van der Waals surface area contributed by atoms with E-state index in [-0.39, 0.29) is 0 Å². The van der Waals surface area contributed by atoms with Crippen LogP contribution in [0.25, 0.3) is 11.1 Å². The summed E-state index contributed by atoms with van der Waals surface area (Å²) in [6.07, 6.45) is 3.83. The standard InChI is InChI=1S/C18H21N/c1-14(19-18-11-12-18)13-15-7-9-17(10-8-15)16-5-3-2-4-6-16/h2-10,14,18-19H,11-13H2,1H3. The molecule has 0 spiro atoms. The zero-order valence-corrected chi connectivity index (χ0v) is 11.5. The van der Waals surface area contributed by atoms with Gasteiger partial charge in [-0.2, -0.15) is 0 Å². The molecule has 19 heavy (non-hydrogen) atoms. The van der Waals surface area contributed by atoms with Gasteiger partial charge in [-0.1, -0.05) is 54.6 Å². The van der Waals surface area contributed by atoms with Crippen LogP contribution in [0.3, 0.4) is 0 Å². The van der Waals surface area contributed by atoms with Crippen molar-refractivity contribution in [1.29, 1.82) is 0 Å². The van der Waals surface area contributed by atoms with Crippen molar-refractivity contribution < 1.29 is 0 Å². The summed E-state index contributed by atoms with van der Waals surface area (Å²) >= 11 is 0. The Balaban J connectivity index is 1.65. The predicted octanol–water partition coefficient (Wildman–Crippen LogP) is 4.04. The van der Waals surface area contributed by atoms with Crippen LogP contribution in [0.5, 0.6) is 0 Å². The van der Waals surface area contributed by atoms with Gasteiger partial charge in [0.25, 0.3) is 0 Å². The quantitative estimate of drug-likeness (QED) is 0.845. The van der Waals surface area contributed by atoms with Crippen molar-refractivity contribution in [1.82, 2.24) is 5.32 Å². The van der Waals surface area contributed by atoms with Gasteiger partial charge in [0.2, 0.25) is 0 Å². The molecule has 0 aliphatic heterocycles. The number of nitrogens with one attached hydrogen (secondary N) is 1. The Morgan fingerprint density at radius 3 is 2.21 bits per heavy atom. The monoisotopic (exact) mass is 251 g/mol. The van der Waals surface area contributed by atoms with E-state index in [0.717, 1.165) is 12.5 Å². The Kier molecular flexibility index (Phi) is 3.65. The minimum atomic E-state index is 0.579. The second-order valence-corrected chi connectivity index (χ2v) is 5.61. The molecule has 98 valence electrons. The lowest BCUT2D eigenvalue weighted by atomic mass is 10.0. The van der Waals surface area contributed by atoms with E-state index in [1.54, 1.807) is 0 Å². The molecule has 1 aliphatic rings. The fourth-order valence-corrected chi connectivity index (χ4v) is 2.53. The van der Waals surface area contributed by atoms with Crippen LogP contribution in [0.2, 0.25) is 0 Å². The molecule has 0 aromatic heterocycles. The maximum Gasteiger partial charge on any atom is 0.00817 e. The normalized spacial score (nSPS) is 16.3. The molecular formula is C18H21N. The summed E-state index contributed by atoms with van der Waals surface area (Å²) < 4.78 is 0. The third-order valence-electron chi connectivity index (χ3n) is 3.70. The highest BCUT2D eigenvalue weighted by Gasteiger charge is 2.22. The molecule has 1 aliphatic carbocycles. The van der Waals surface area contributed by atoms with E-state index in [1.165, 1.54) is 29.5 Å². The Hall–Kier alpha value is -1.60. The molecule has 3 rings (SSSR count). The van der Waals surface area contributed by atoms with Gasteiger partial charge in [0.05, 0.1) is 0 Å². The second kappa shape index (κ2) is 5.58. The SMILES string of the molecule is CC(Cc1ccc(-c2ccccc2)cc1)NC1CC1. The maximum atomic E-state index is 3.65. The molecule has 1 fully saturated rings. The van der Waals surface area contributed by atoms with E-state index in [9.17, 15) is 0 Å². The first-order valence-corrected chi connectivity index (χ1v) is 7.22. The summed E-state index contributed by atoms with van der Waals surface area (Å²) in [5.74, 6) is 0. The van der Waals surface area contributed by atoms with Crippen molar-refractivity contribution in [3.05, 3.63) is 60.2 Å². The van der Waals surface area contributed by atoms with Crippen LogP contribution in [0.15, 0.2) is 54.6 Å². The average Bonchev–Trinajstić information content (AvgIpc) is 3.24. The smallest absolute Gasteiger partial charge is 0.00817 e. The lowest BCUT2D eigenvalue weighted by molar-refractivity contribution is 0.542. The molecule has 2 aromatic carbocycles. The van der Waals surface area contributed by atoms with Crippen LogP contribution in [-0.2, 0) is 6.42 Å². The van der Waals surface area contributed by atoms with Crippen molar-refractivity contribution >= 4 is 0 Å². The zero-order chi connectivity index (χ0) is 13.1. The van der Waals surface area contributed by atoms with Gasteiger partial charge < -0.3 is 5.32 Å². The Morgan fingerprint density at radius 1 is 0.947 bits per heavy atom. The minimum absolute atomic E-state index is 0.579. The molecule has 0 saturated heterocycles. The van der Waals surface area contributed by atoms with E-state index in [1.807, 2.05) is 0 Å². The summed E-state index contributed by atoms with van der Waals surface area (Å²) in [5, 5.41) is 3.65. The molecule has 1 atom stereocenters. The first-order chi connectivity index (χ1) is 9.31. The maximum absolute atomic E-state index is 3.65. The number of benzene rings is 2. The van der Waals surface area contributed by atoms with Gasteiger partial charge in [0, 0.05) is 12.1 Å². The fraction of sp³-hybridized carbons (Fsp3) is 0.333. The van der Waals surface area contributed by atoms with Gasteiger partial charge in [0.15, 0.2) is 0 Å². The first-order valence-electron chi connectivity index (χ1n) is 7.22. The molecule has 0 amide bonds. The molecule has 1 heteroatoms. The average molecular weight is 251 g/mol. The van der Waals surface area contributed by atoms with Crippen LogP contribution in [0.1, 0.15) is 25.3 Å². The van der Waals surface area contributed by atoms with Gasteiger partial charge in [0.1, 0.15) is 0 Å². The highest BCUT2D eigenvalue weighted by molar-refractivity contribution is 5.63. The summed E-state index contributed by atoms with van der Waals surface area (Å²) in [6.45, 7) is 2.28. The van der Waals surface area contributed by atoms with Gasteiger partial charge >= 0.3 is 0 Å². The summed E-state index contributed by atoms with van der Waals surface area (Å²) in [7, 11) is 0. The topological polar surface area (TPSA) is 12.0 Å². The largest absolute Gasteiger partial charge is 0.311 e. The molecule has 1 saturated carbocycles. The van der Waals surface area contributed by atoms with E-state index >= 15 is 0 Å². The lowest BCUT2D eigenvalue weighted by Crippen LogP contribution is -2.29. The summed E-state index contributed by atoms with van der Waals surface area (Å²) in [5.41, 5.74) is 4.01. The zero-order valence-electron chi connectivity index (χ0n) is 11.5. The Bertz CT molecular complexity index is 511. The molecule has 0 bridgehead atoms. The Morgan fingerprint density at radius 2 is 1.58 bits per heavy atom. The van der Waals surface area contributed by atoms with E-state index < -0.39 is 0 Å². The molecule has 0 radical (unpaired) electrons. The Labute approximate surface area is 115 Å². The third kappa shape index (κ3) is 3.45. The number of hydrogen-bond donors (Lipinski definition) is 1. The minimum Gasteiger partial charge on any atom is -0.311 e. The van der Waals surface area contributed by atoms with Crippen LogP contribution >= 0.6 is 0 Å². The van der Waals surface area contributed by atoms with Crippen molar-refractivity contribution in [3.8, 4) is 11.1 Å². The van der Waals surface area contributed by atoms with Crippen molar-refractivity contribution in [2.45, 2.75) is 38.3 Å². The fourth-order valence-electron chi connectivity index (χ4n) is 2.53. The first kappa shape index (κ1) is 12.4. The van der Waals surface area contributed by atoms with E-state index in [0.29, 0.717) is 6.04 Å². The molecule has 1 unspecified atom stereocenters. The third-order valence-corrected chi connectivity index (χ3v) is 3.70. The van der Waals surface area contributed by atoms with Crippen molar-refractivity contribution in [2.75, 3.05) is 0 Å². The van der Waals surface area contributed by atoms with Crippen LogP contribution in [-0.4, -0.2) is 12.1 Å². The van der Waals surface area contributed by atoms with E-state index in [2.05, 4.69) is 66.8 Å². The molecule has 1 nitrogen and oxygen atoms in total. The van der Waals surface area contributed by atoms with E-state index in [4.69, 9.17) is 0 Å². The van der Waals surface area contributed by atoms with Crippen LogP contribution in [0.4, 0.5) is 0 Å². The van der Waals surface area contributed by atoms with Gasteiger partial charge in [-0.15, -0.1) is 0 Å². The van der Waals surface area contributed by atoms with Gasteiger partial charge in [-0.25, -0.2) is 0 Å². The lowest BCUT2D eigenvalue weighted by Gasteiger charge is -2.13. The number of rotatable bonds is 5. The van der Waals surface area contributed by atoms with Gasteiger partial charge in [-0.05, 0) is 42.9 Å². The summed E-state index contributed by atoms with van der Waals surface area (Å²) in [6, 6.07) is 20.9.